The van der Waals surface area contributed by atoms with Crippen LogP contribution in [0.5, 0.6) is 0 Å². The van der Waals surface area contributed by atoms with Crippen molar-refractivity contribution in [1.82, 2.24) is 9.97 Å². The number of benzene rings is 1. The molecule has 2 heterocycles. The molecular formula is C17H18N4O4S. The second-order valence-corrected chi connectivity index (χ2v) is 7.12. The molecule has 3 aromatic rings. The number of nitro benzene ring substituents is 1. The highest BCUT2D eigenvalue weighted by atomic mass is 32.1. The monoisotopic (exact) mass is 374 g/mol. The zero-order chi connectivity index (χ0) is 18.8. The van der Waals surface area contributed by atoms with Crippen LogP contribution in [0.4, 0.5) is 11.5 Å². The SMILES string of the molecule is Cc1sc2ncnc(NC(CO)C(O)c3ccc([N+](=O)[O-])cc3)c2c1C. The van der Waals surface area contributed by atoms with Gasteiger partial charge >= 0.3 is 0 Å². The second-order valence-electron chi connectivity index (χ2n) is 5.91. The number of aryl methyl sites for hydroxylation is 2. The van der Waals surface area contributed by atoms with E-state index in [1.165, 1.54) is 30.6 Å². The Bertz CT molecular complexity index is 942. The smallest absolute Gasteiger partial charge is 0.269 e. The Morgan fingerprint density at radius 3 is 2.58 bits per heavy atom. The molecule has 2 atom stereocenters. The summed E-state index contributed by atoms with van der Waals surface area (Å²) in [5.74, 6) is 0.539. The Labute approximate surface area is 153 Å². The molecule has 26 heavy (non-hydrogen) atoms. The number of nitro groups is 1. The van der Waals surface area contributed by atoms with Crippen molar-refractivity contribution in [2.24, 2.45) is 0 Å². The number of thiophene rings is 1. The fourth-order valence-corrected chi connectivity index (χ4v) is 3.71. The fraction of sp³-hybridized carbons (Fsp3) is 0.294. The largest absolute Gasteiger partial charge is 0.394 e. The Hall–Kier alpha value is -2.62. The van der Waals surface area contributed by atoms with Crippen molar-refractivity contribution < 1.29 is 15.1 Å². The van der Waals surface area contributed by atoms with Gasteiger partial charge in [-0.15, -0.1) is 11.3 Å². The van der Waals surface area contributed by atoms with Gasteiger partial charge in [-0.25, -0.2) is 9.97 Å². The number of aliphatic hydroxyl groups is 2. The number of nitrogens with zero attached hydrogens (tertiary/aromatic N) is 3. The van der Waals surface area contributed by atoms with E-state index in [9.17, 15) is 20.3 Å². The van der Waals surface area contributed by atoms with Gasteiger partial charge in [0.05, 0.1) is 23.0 Å². The molecule has 0 spiro atoms. The van der Waals surface area contributed by atoms with Gasteiger partial charge in [-0.2, -0.15) is 0 Å². The van der Waals surface area contributed by atoms with Crippen LogP contribution in [0.1, 0.15) is 22.1 Å². The molecule has 1 aromatic carbocycles. The molecule has 0 aliphatic heterocycles. The summed E-state index contributed by atoms with van der Waals surface area (Å²) in [6.45, 7) is 3.63. The molecule has 3 rings (SSSR count). The molecule has 0 fully saturated rings. The molecule has 8 nitrogen and oxygen atoms in total. The second kappa shape index (κ2) is 7.32. The highest BCUT2D eigenvalue weighted by molar-refractivity contribution is 7.18. The van der Waals surface area contributed by atoms with Crippen LogP contribution in [0.25, 0.3) is 10.2 Å². The zero-order valence-electron chi connectivity index (χ0n) is 14.2. The van der Waals surface area contributed by atoms with Gasteiger partial charge < -0.3 is 15.5 Å². The van der Waals surface area contributed by atoms with Gasteiger partial charge in [0.15, 0.2) is 0 Å². The number of aromatic nitrogens is 2. The third-order valence-corrected chi connectivity index (χ3v) is 5.43. The van der Waals surface area contributed by atoms with E-state index in [2.05, 4.69) is 15.3 Å². The van der Waals surface area contributed by atoms with Crippen molar-refractivity contribution in [3.8, 4) is 0 Å². The maximum Gasteiger partial charge on any atom is 0.269 e. The van der Waals surface area contributed by atoms with Crippen molar-refractivity contribution in [3.63, 3.8) is 0 Å². The predicted octanol–water partition coefficient (Wildman–Crippen LogP) is 2.72. The topological polar surface area (TPSA) is 121 Å². The third kappa shape index (κ3) is 3.36. The first-order valence-corrected chi connectivity index (χ1v) is 8.74. The summed E-state index contributed by atoms with van der Waals surface area (Å²) in [7, 11) is 0. The average Bonchev–Trinajstić information content (AvgIpc) is 2.94. The van der Waals surface area contributed by atoms with Crippen LogP contribution in [0, 0.1) is 24.0 Å². The molecule has 0 aliphatic rings. The summed E-state index contributed by atoms with van der Waals surface area (Å²) in [6, 6.07) is 4.87. The summed E-state index contributed by atoms with van der Waals surface area (Å²) < 4.78 is 0. The van der Waals surface area contributed by atoms with E-state index in [1.54, 1.807) is 11.3 Å². The van der Waals surface area contributed by atoms with Gasteiger partial charge in [0.25, 0.3) is 5.69 Å². The lowest BCUT2D eigenvalue weighted by atomic mass is 10.0. The zero-order valence-corrected chi connectivity index (χ0v) is 15.0. The molecule has 0 aliphatic carbocycles. The molecule has 0 saturated heterocycles. The first-order valence-electron chi connectivity index (χ1n) is 7.93. The lowest BCUT2D eigenvalue weighted by Crippen LogP contribution is -2.31. The number of non-ortho nitro benzene ring substituents is 1. The Morgan fingerprint density at radius 1 is 1.27 bits per heavy atom. The lowest BCUT2D eigenvalue weighted by Gasteiger charge is -2.23. The van der Waals surface area contributed by atoms with Gasteiger partial charge in [0.2, 0.25) is 0 Å². The Balaban J connectivity index is 1.89. The van der Waals surface area contributed by atoms with Crippen LogP contribution in [-0.2, 0) is 0 Å². The highest BCUT2D eigenvalue weighted by Crippen LogP contribution is 2.33. The molecule has 0 bridgehead atoms. The van der Waals surface area contributed by atoms with Crippen molar-refractivity contribution >= 4 is 33.1 Å². The quantitative estimate of drug-likeness (QED) is 0.448. The maximum atomic E-state index is 10.7. The van der Waals surface area contributed by atoms with Crippen LogP contribution in [0.3, 0.4) is 0 Å². The number of hydrogen-bond acceptors (Lipinski definition) is 8. The Kier molecular flexibility index (Phi) is 5.12. The van der Waals surface area contributed by atoms with Crippen molar-refractivity contribution in [1.29, 1.82) is 0 Å². The summed E-state index contributed by atoms with van der Waals surface area (Å²) in [5.41, 5.74) is 1.46. The number of anilines is 1. The van der Waals surface area contributed by atoms with Crippen LogP contribution in [-0.4, -0.2) is 37.8 Å². The van der Waals surface area contributed by atoms with Gasteiger partial charge in [0, 0.05) is 17.0 Å². The van der Waals surface area contributed by atoms with Gasteiger partial charge in [0.1, 0.15) is 23.1 Å². The summed E-state index contributed by atoms with van der Waals surface area (Å²) in [6.07, 6.45) is 0.373. The lowest BCUT2D eigenvalue weighted by molar-refractivity contribution is -0.384. The standard InChI is InChI=1S/C17H18N4O4S/c1-9-10(2)26-17-14(9)16(18-8-19-17)20-13(7-22)15(23)11-3-5-12(6-4-11)21(24)25/h3-6,8,13,15,22-23H,7H2,1-2H3,(H,18,19,20). The predicted molar refractivity (Wildman–Crippen MR) is 99.4 cm³/mol. The highest BCUT2D eigenvalue weighted by Gasteiger charge is 2.23. The van der Waals surface area contributed by atoms with Crippen LogP contribution in [0.2, 0.25) is 0 Å². The van der Waals surface area contributed by atoms with Crippen LogP contribution in [0.15, 0.2) is 30.6 Å². The van der Waals surface area contributed by atoms with E-state index in [-0.39, 0.29) is 12.3 Å². The molecular weight excluding hydrogens is 356 g/mol. The molecule has 2 aromatic heterocycles. The first-order chi connectivity index (χ1) is 12.4. The number of fused-ring (bicyclic) bond motifs is 1. The molecule has 0 amide bonds. The minimum Gasteiger partial charge on any atom is -0.394 e. The fourth-order valence-electron chi connectivity index (χ4n) is 2.72. The van der Waals surface area contributed by atoms with E-state index in [0.29, 0.717) is 11.4 Å². The number of rotatable bonds is 6. The third-order valence-electron chi connectivity index (χ3n) is 4.31. The average molecular weight is 374 g/mol. The normalized spacial score (nSPS) is 13.5. The van der Waals surface area contributed by atoms with Gasteiger partial charge in [-0.3, -0.25) is 10.1 Å². The van der Waals surface area contributed by atoms with E-state index >= 15 is 0 Å². The number of hydrogen-bond donors (Lipinski definition) is 3. The number of aliphatic hydroxyl groups excluding tert-OH is 2. The van der Waals surface area contributed by atoms with Crippen LogP contribution < -0.4 is 5.32 Å². The van der Waals surface area contributed by atoms with Gasteiger partial charge in [-0.05, 0) is 37.1 Å². The van der Waals surface area contributed by atoms with E-state index in [0.717, 1.165) is 20.7 Å². The molecule has 9 heteroatoms. The van der Waals surface area contributed by atoms with E-state index in [1.807, 2.05) is 13.8 Å². The summed E-state index contributed by atoms with van der Waals surface area (Å²) >= 11 is 1.56. The van der Waals surface area contributed by atoms with Crippen molar-refractivity contribution in [3.05, 3.63) is 56.7 Å². The Morgan fingerprint density at radius 2 is 1.96 bits per heavy atom. The number of nitrogens with one attached hydrogen (secondary N) is 1. The van der Waals surface area contributed by atoms with Crippen LogP contribution >= 0.6 is 11.3 Å². The van der Waals surface area contributed by atoms with E-state index in [4.69, 9.17) is 0 Å². The summed E-state index contributed by atoms with van der Waals surface area (Å²) in [5, 5.41) is 35.0. The molecule has 0 saturated carbocycles. The van der Waals surface area contributed by atoms with E-state index < -0.39 is 17.1 Å². The molecule has 136 valence electrons. The van der Waals surface area contributed by atoms with Crippen molar-refractivity contribution in [2.45, 2.75) is 26.0 Å². The minimum atomic E-state index is -1.06. The molecule has 3 N–H and O–H groups in total. The molecule has 2 unspecified atom stereocenters. The maximum absolute atomic E-state index is 10.7. The minimum absolute atomic E-state index is 0.0589. The van der Waals surface area contributed by atoms with Gasteiger partial charge in [-0.1, -0.05) is 0 Å². The van der Waals surface area contributed by atoms with Crippen molar-refractivity contribution in [2.75, 3.05) is 11.9 Å². The first kappa shape index (κ1) is 18.2. The molecule has 0 radical (unpaired) electrons. The summed E-state index contributed by atoms with van der Waals surface area (Å²) in [4.78, 5) is 20.7.